The van der Waals surface area contributed by atoms with Crippen LogP contribution in [0.25, 0.3) is 0 Å². The summed E-state index contributed by atoms with van der Waals surface area (Å²) in [5, 5.41) is 9.08. The molecular weight excluding hydrogens is 176 g/mol. The predicted molar refractivity (Wildman–Crippen MR) is 56.7 cm³/mol. The minimum absolute atomic E-state index is 0.390. The lowest BCUT2D eigenvalue weighted by atomic mass is 10.2. The van der Waals surface area contributed by atoms with E-state index in [9.17, 15) is 0 Å². The van der Waals surface area contributed by atoms with Crippen LogP contribution >= 0.6 is 0 Å². The van der Waals surface area contributed by atoms with E-state index in [4.69, 9.17) is 9.84 Å². The van der Waals surface area contributed by atoms with Gasteiger partial charge in [-0.1, -0.05) is 36.9 Å². The summed E-state index contributed by atoms with van der Waals surface area (Å²) in [6.45, 7) is 5.97. The van der Waals surface area contributed by atoms with Gasteiger partial charge in [0.2, 0.25) is 0 Å². The fourth-order valence-corrected chi connectivity index (χ4v) is 1.15. The number of rotatable bonds is 5. The van der Waals surface area contributed by atoms with Gasteiger partial charge >= 0.3 is 0 Å². The summed E-state index contributed by atoms with van der Waals surface area (Å²) in [5.41, 5.74) is 1.11. The van der Waals surface area contributed by atoms with Crippen molar-refractivity contribution in [2.45, 2.75) is 26.1 Å². The van der Waals surface area contributed by atoms with Crippen LogP contribution in [0.2, 0.25) is 0 Å². The van der Waals surface area contributed by atoms with Crippen LogP contribution in [0, 0.1) is 0 Å². The van der Waals surface area contributed by atoms with Crippen molar-refractivity contribution in [1.82, 2.24) is 0 Å². The van der Waals surface area contributed by atoms with E-state index >= 15 is 0 Å². The molecule has 0 aliphatic rings. The highest BCUT2D eigenvalue weighted by atomic mass is 16.5. The Labute approximate surface area is 84.8 Å². The van der Waals surface area contributed by atoms with E-state index in [-0.39, 0.29) is 0 Å². The summed E-state index contributed by atoms with van der Waals surface area (Å²) in [7, 11) is 0. The maximum Gasteiger partial charge on any atom is 0.113 e. The molecule has 0 amide bonds. The minimum Gasteiger partial charge on any atom is -0.494 e. The standard InChI is InChI=1S/C12H16O2/c1-10(13)8-11(2)14-9-12-6-4-3-5-7-12/h3-7,10,13H,2,8-9H2,1H3. The fourth-order valence-electron chi connectivity index (χ4n) is 1.15. The Morgan fingerprint density at radius 1 is 1.43 bits per heavy atom. The van der Waals surface area contributed by atoms with E-state index in [1.54, 1.807) is 6.92 Å². The van der Waals surface area contributed by atoms with Crippen LogP contribution in [0.4, 0.5) is 0 Å². The van der Waals surface area contributed by atoms with E-state index < -0.39 is 6.10 Å². The Morgan fingerprint density at radius 2 is 2.07 bits per heavy atom. The third-order valence-electron chi connectivity index (χ3n) is 1.81. The fraction of sp³-hybridized carbons (Fsp3) is 0.333. The van der Waals surface area contributed by atoms with E-state index in [1.807, 2.05) is 30.3 Å². The average molecular weight is 192 g/mol. The molecule has 1 rings (SSSR count). The van der Waals surface area contributed by atoms with Gasteiger partial charge in [0.05, 0.1) is 11.9 Å². The molecule has 1 aromatic rings. The molecule has 0 saturated carbocycles. The van der Waals surface area contributed by atoms with Gasteiger partial charge in [-0.3, -0.25) is 0 Å². The summed E-state index contributed by atoms with van der Waals surface area (Å²) in [6, 6.07) is 9.89. The molecule has 14 heavy (non-hydrogen) atoms. The molecule has 0 spiro atoms. The Balaban J connectivity index is 2.31. The van der Waals surface area contributed by atoms with Gasteiger partial charge < -0.3 is 9.84 Å². The van der Waals surface area contributed by atoms with Crippen molar-refractivity contribution >= 4 is 0 Å². The van der Waals surface area contributed by atoms with E-state index in [1.165, 1.54) is 0 Å². The van der Waals surface area contributed by atoms with Crippen LogP contribution in [0.3, 0.4) is 0 Å². The smallest absolute Gasteiger partial charge is 0.113 e. The summed E-state index contributed by atoms with van der Waals surface area (Å²) < 4.78 is 5.38. The van der Waals surface area contributed by atoms with E-state index in [0.29, 0.717) is 18.8 Å². The normalized spacial score (nSPS) is 12.1. The summed E-state index contributed by atoms with van der Waals surface area (Å²) in [6.07, 6.45) is 0.102. The number of benzene rings is 1. The van der Waals surface area contributed by atoms with Crippen LogP contribution in [-0.2, 0) is 11.3 Å². The van der Waals surface area contributed by atoms with Crippen molar-refractivity contribution in [3.63, 3.8) is 0 Å². The lowest BCUT2D eigenvalue weighted by Gasteiger charge is -2.10. The Morgan fingerprint density at radius 3 is 2.64 bits per heavy atom. The van der Waals surface area contributed by atoms with Crippen LogP contribution in [-0.4, -0.2) is 11.2 Å². The zero-order valence-corrected chi connectivity index (χ0v) is 8.44. The van der Waals surface area contributed by atoms with Gasteiger partial charge in [-0.15, -0.1) is 0 Å². The van der Waals surface area contributed by atoms with Gasteiger partial charge in [0.25, 0.3) is 0 Å². The highest BCUT2D eigenvalue weighted by Crippen LogP contribution is 2.08. The number of aliphatic hydroxyl groups is 1. The minimum atomic E-state index is -0.390. The first kappa shape index (κ1) is 10.8. The quantitative estimate of drug-likeness (QED) is 0.726. The molecule has 2 heteroatoms. The van der Waals surface area contributed by atoms with Gasteiger partial charge in [0.1, 0.15) is 6.61 Å². The molecule has 0 heterocycles. The lowest BCUT2D eigenvalue weighted by Crippen LogP contribution is -2.03. The second-order valence-electron chi connectivity index (χ2n) is 3.37. The molecule has 1 atom stereocenters. The topological polar surface area (TPSA) is 29.5 Å². The van der Waals surface area contributed by atoms with E-state index in [2.05, 4.69) is 6.58 Å². The van der Waals surface area contributed by atoms with Gasteiger partial charge in [-0.25, -0.2) is 0 Å². The number of ether oxygens (including phenoxy) is 1. The molecule has 76 valence electrons. The summed E-state index contributed by atoms with van der Waals surface area (Å²) >= 11 is 0. The van der Waals surface area contributed by atoms with Gasteiger partial charge in [-0.2, -0.15) is 0 Å². The molecule has 0 saturated heterocycles. The molecule has 1 aromatic carbocycles. The molecule has 0 radical (unpaired) electrons. The van der Waals surface area contributed by atoms with Crippen molar-refractivity contribution in [3.05, 3.63) is 48.2 Å². The third kappa shape index (κ3) is 4.10. The first-order chi connectivity index (χ1) is 6.68. The molecule has 0 fully saturated rings. The predicted octanol–water partition coefficient (Wildman–Crippen LogP) is 2.49. The van der Waals surface area contributed by atoms with Crippen LogP contribution in [0.5, 0.6) is 0 Å². The van der Waals surface area contributed by atoms with Gasteiger partial charge in [0, 0.05) is 6.42 Å². The van der Waals surface area contributed by atoms with Crippen LogP contribution in [0.15, 0.2) is 42.7 Å². The van der Waals surface area contributed by atoms with Gasteiger partial charge in [0.15, 0.2) is 0 Å². The second-order valence-corrected chi connectivity index (χ2v) is 3.37. The second kappa shape index (κ2) is 5.45. The lowest BCUT2D eigenvalue weighted by molar-refractivity contribution is 0.136. The molecule has 0 aromatic heterocycles. The molecular formula is C12H16O2. The Kier molecular flexibility index (Phi) is 4.20. The highest BCUT2D eigenvalue weighted by Gasteiger charge is 2.00. The largest absolute Gasteiger partial charge is 0.494 e. The van der Waals surface area contributed by atoms with Crippen LogP contribution < -0.4 is 0 Å². The average Bonchev–Trinajstić information content (AvgIpc) is 2.15. The number of aliphatic hydroxyl groups excluding tert-OH is 1. The molecule has 0 bridgehead atoms. The number of hydrogen-bond acceptors (Lipinski definition) is 2. The SMILES string of the molecule is C=C(CC(C)O)OCc1ccccc1. The summed E-state index contributed by atoms with van der Waals surface area (Å²) in [5.74, 6) is 0.629. The van der Waals surface area contributed by atoms with Crippen LogP contribution in [0.1, 0.15) is 18.9 Å². The maximum atomic E-state index is 9.08. The monoisotopic (exact) mass is 192 g/mol. The van der Waals surface area contributed by atoms with Crippen molar-refractivity contribution < 1.29 is 9.84 Å². The first-order valence-electron chi connectivity index (χ1n) is 4.71. The molecule has 1 N–H and O–H groups in total. The zero-order chi connectivity index (χ0) is 10.4. The molecule has 0 aliphatic carbocycles. The first-order valence-corrected chi connectivity index (χ1v) is 4.71. The maximum absolute atomic E-state index is 9.08. The molecule has 2 nitrogen and oxygen atoms in total. The van der Waals surface area contributed by atoms with Crippen molar-refractivity contribution in [2.75, 3.05) is 0 Å². The molecule has 1 unspecified atom stereocenters. The molecule has 0 aliphatic heterocycles. The Hall–Kier alpha value is -1.28. The van der Waals surface area contributed by atoms with Crippen molar-refractivity contribution in [1.29, 1.82) is 0 Å². The number of hydrogen-bond donors (Lipinski definition) is 1. The summed E-state index contributed by atoms with van der Waals surface area (Å²) in [4.78, 5) is 0. The van der Waals surface area contributed by atoms with Crippen molar-refractivity contribution in [2.24, 2.45) is 0 Å². The third-order valence-corrected chi connectivity index (χ3v) is 1.81. The van der Waals surface area contributed by atoms with Crippen molar-refractivity contribution in [3.8, 4) is 0 Å². The van der Waals surface area contributed by atoms with Gasteiger partial charge in [-0.05, 0) is 12.5 Å². The van der Waals surface area contributed by atoms with E-state index in [0.717, 1.165) is 5.56 Å². The highest BCUT2D eigenvalue weighted by molar-refractivity contribution is 5.13. The zero-order valence-electron chi connectivity index (χ0n) is 8.44. The Bertz CT molecular complexity index is 278.